The number of hydrogen-bond donors (Lipinski definition) is 2. The van der Waals surface area contributed by atoms with Gasteiger partial charge in [-0.05, 0) is 0 Å². The van der Waals surface area contributed by atoms with Crippen molar-refractivity contribution >= 4 is 41.5 Å². The van der Waals surface area contributed by atoms with E-state index in [0.717, 1.165) is 0 Å². The summed E-state index contributed by atoms with van der Waals surface area (Å²) in [5.74, 6) is -2.62. The molecule has 0 aliphatic carbocycles. The van der Waals surface area contributed by atoms with Gasteiger partial charge in [0.25, 0.3) is 0 Å². The Morgan fingerprint density at radius 3 is 1.33 bits per heavy atom. The summed E-state index contributed by atoms with van der Waals surface area (Å²) in [6.45, 7) is 0. The summed E-state index contributed by atoms with van der Waals surface area (Å²) in [6, 6.07) is 0. The Morgan fingerprint density at radius 1 is 1.11 bits per heavy atom. The van der Waals surface area contributed by atoms with Crippen LogP contribution in [0.4, 0.5) is 0 Å². The normalized spacial score (nSPS) is 6.22. The van der Waals surface area contributed by atoms with Crippen LogP contribution in [0.25, 0.3) is 0 Å². The number of carboxylic acids is 2. The van der Waals surface area contributed by atoms with Gasteiger partial charge in [0.1, 0.15) is 6.42 Å². The van der Waals surface area contributed by atoms with Crippen LogP contribution in [0.2, 0.25) is 0 Å². The second-order valence-electron chi connectivity index (χ2n) is 0.964. The molecule has 0 fully saturated rings. The first-order chi connectivity index (χ1) is 3.13. The van der Waals surface area contributed by atoms with Gasteiger partial charge < -0.3 is 10.2 Å². The molecule has 0 atom stereocenters. The molecule has 0 saturated heterocycles. The predicted octanol–water partition coefficient (Wildman–Crippen LogP) is -1.11. The fraction of sp³-hybridized carbons (Fsp3) is 0.333. The number of hydrogen-bond acceptors (Lipinski definition) is 2. The van der Waals surface area contributed by atoms with E-state index in [9.17, 15) is 9.59 Å². The maximum absolute atomic E-state index is 9.43. The fourth-order valence-electron chi connectivity index (χ4n) is 0.129. The SMILES string of the molecule is O=C(O)CC(=O)O.[Cu].[NaH]. The van der Waals surface area contributed by atoms with E-state index in [1.54, 1.807) is 0 Å². The number of aliphatic carboxylic acids is 2. The molecule has 2 N–H and O–H groups in total. The van der Waals surface area contributed by atoms with E-state index in [0.29, 0.717) is 0 Å². The van der Waals surface area contributed by atoms with E-state index in [4.69, 9.17) is 10.2 Å². The molecule has 0 spiro atoms. The van der Waals surface area contributed by atoms with Crippen molar-refractivity contribution in [3.8, 4) is 0 Å². The van der Waals surface area contributed by atoms with Crippen LogP contribution in [-0.4, -0.2) is 51.7 Å². The summed E-state index contributed by atoms with van der Waals surface area (Å²) < 4.78 is 0. The van der Waals surface area contributed by atoms with Gasteiger partial charge in [-0.15, -0.1) is 0 Å². The van der Waals surface area contributed by atoms with Crippen LogP contribution in [0.5, 0.6) is 0 Å². The van der Waals surface area contributed by atoms with Crippen molar-refractivity contribution in [1.82, 2.24) is 0 Å². The Kier molecular flexibility index (Phi) is 15.2. The molecule has 53 valence electrons. The molecule has 0 aliphatic rings. The minimum atomic E-state index is -1.31. The second-order valence-corrected chi connectivity index (χ2v) is 0.964. The van der Waals surface area contributed by atoms with Gasteiger partial charge in [0.2, 0.25) is 0 Å². The topological polar surface area (TPSA) is 74.6 Å². The van der Waals surface area contributed by atoms with Crippen molar-refractivity contribution in [2.24, 2.45) is 0 Å². The molecule has 0 saturated carbocycles. The van der Waals surface area contributed by atoms with E-state index in [1.807, 2.05) is 0 Å². The molecule has 1 radical (unpaired) electrons. The van der Waals surface area contributed by atoms with Gasteiger partial charge in [0.15, 0.2) is 0 Å². The van der Waals surface area contributed by atoms with E-state index in [1.165, 1.54) is 0 Å². The first-order valence-corrected chi connectivity index (χ1v) is 1.56. The molecule has 4 nitrogen and oxygen atoms in total. The van der Waals surface area contributed by atoms with Crippen LogP contribution in [0.1, 0.15) is 6.42 Å². The average molecular weight is 192 g/mol. The molecule has 0 rings (SSSR count). The Morgan fingerprint density at radius 2 is 1.33 bits per heavy atom. The summed E-state index contributed by atoms with van der Waals surface area (Å²) in [5, 5.41) is 15.4. The maximum atomic E-state index is 9.43. The second kappa shape index (κ2) is 8.46. The third kappa shape index (κ3) is 17.7. The van der Waals surface area contributed by atoms with Crippen molar-refractivity contribution in [2.75, 3.05) is 0 Å². The van der Waals surface area contributed by atoms with Crippen molar-refractivity contribution in [1.29, 1.82) is 0 Å². The van der Waals surface area contributed by atoms with E-state index >= 15 is 0 Å². The summed E-state index contributed by atoms with van der Waals surface area (Å²) in [7, 11) is 0. The molecular weight excluding hydrogens is 187 g/mol. The minimum absolute atomic E-state index is 0. The first kappa shape index (κ1) is 16.2. The first-order valence-electron chi connectivity index (χ1n) is 1.56. The summed E-state index contributed by atoms with van der Waals surface area (Å²) in [4.78, 5) is 18.9. The number of rotatable bonds is 2. The van der Waals surface area contributed by atoms with Gasteiger partial charge in [-0.1, -0.05) is 0 Å². The van der Waals surface area contributed by atoms with Gasteiger partial charge in [-0.25, -0.2) is 0 Å². The molecule has 0 amide bonds. The predicted molar refractivity (Wildman–Crippen MR) is 27.0 cm³/mol. The van der Waals surface area contributed by atoms with Crippen molar-refractivity contribution in [2.45, 2.75) is 6.42 Å². The summed E-state index contributed by atoms with van der Waals surface area (Å²) >= 11 is 0. The third-order valence-corrected chi connectivity index (χ3v) is 0.302. The zero-order valence-corrected chi connectivity index (χ0v) is 4.66. The van der Waals surface area contributed by atoms with Gasteiger partial charge in [0, 0.05) is 17.1 Å². The monoisotopic (exact) mass is 191 g/mol. The molecule has 6 heteroatoms. The van der Waals surface area contributed by atoms with Crippen molar-refractivity contribution in [3.05, 3.63) is 0 Å². The number of carboxylic acid groups (broad SMARTS) is 2. The molecule has 0 bridgehead atoms. The molecule has 9 heavy (non-hydrogen) atoms. The Balaban J connectivity index is -0.000000180. The average Bonchev–Trinajstić information content (AvgIpc) is 1.27. The van der Waals surface area contributed by atoms with Crippen LogP contribution in [0.15, 0.2) is 0 Å². The summed E-state index contributed by atoms with van der Waals surface area (Å²) in [6.07, 6.45) is -0.806. The standard InChI is InChI=1S/C3H4O4.Cu.Na.H/c4-2(5)1-3(6)7;;;/h1H2,(H,4,5)(H,6,7);;;. The zero-order valence-electron chi connectivity index (χ0n) is 3.72. The Hall–Kier alpha value is 0.459. The van der Waals surface area contributed by atoms with Crippen molar-refractivity contribution in [3.63, 3.8) is 0 Å². The molecule has 0 heterocycles. The van der Waals surface area contributed by atoms with Gasteiger partial charge >= 0.3 is 41.5 Å². The van der Waals surface area contributed by atoms with Crippen LogP contribution < -0.4 is 0 Å². The van der Waals surface area contributed by atoms with E-state index in [2.05, 4.69) is 0 Å². The van der Waals surface area contributed by atoms with Gasteiger partial charge in [0.05, 0.1) is 0 Å². The Bertz CT molecular complexity index is 92.0. The van der Waals surface area contributed by atoms with Crippen LogP contribution in [0.3, 0.4) is 0 Å². The molecule has 0 aromatic carbocycles. The van der Waals surface area contributed by atoms with Crippen LogP contribution >= 0.6 is 0 Å². The quantitative estimate of drug-likeness (QED) is 0.429. The van der Waals surface area contributed by atoms with Crippen molar-refractivity contribution < 1.29 is 36.9 Å². The van der Waals surface area contributed by atoms with Gasteiger partial charge in [-0.2, -0.15) is 0 Å². The van der Waals surface area contributed by atoms with E-state index < -0.39 is 18.4 Å². The third-order valence-electron chi connectivity index (χ3n) is 0.302. The Labute approximate surface area is 84.4 Å². The molecule has 0 aromatic rings. The van der Waals surface area contributed by atoms with Crippen LogP contribution in [0, 0.1) is 0 Å². The van der Waals surface area contributed by atoms with E-state index in [-0.39, 0.29) is 46.6 Å². The van der Waals surface area contributed by atoms with Gasteiger partial charge in [-0.3, -0.25) is 9.59 Å². The zero-order chi connectivity index (χ0) is 5.86. The molecule has 0 aliphatic heterocycles. The summed E-state index contributed by atoms with van der Waals surface area (Å²) in [5.41, 5.74) is 0. The fourth-order valence-corrected chi connectivity index (χ4v) is 0.129. The molecule has 0 aromatic heterocycles. The number of carbonyl (C=O) groups is 2. The van der Waals surface area contributed by atoms with Crippen LogP contribution in [-0.2, 0) is 26.7 Å². The molecular formula is C3H5CuNaO4. The molecule has 0 unspecified atom stereocenters.